The Morgan fingerprint density at radius 3 is 2.47 bits per heavy atom. The smallest absolute Gasteiger partial charge is 0.271 e. The summed E-state index contributed by atoms with van der Waals surface area (Å²) < 4.78 is 0. The number of nitrogens with two attached hydrogens (primary N) is 1. The van der Waals surface area contributed by atoms with Gasteiger partial charge in [-0.2, -0.15) is 0 Å². The maximum atomic E-state index is 11.8. The molecule has 0 fully saturated rings. The second kappa shape index (κ2) is 5.75. The molecule has 0 bridgehead atoms. The standard InChI is InChI=1S/C14H15N3OS/c1-17(2)14(18)13-9-12(7-8-16-13)19-11-5-3-10(15)4-6-11/h3-9H,15H2,1-2H3. The molecule has 2 rings (SSSR count). The molecule has 4 nitrogen and oxygen atoms in total. The molecule has 0 radical (unpaired) electrons. The van der Waals surface area contributed by atoms with E-state index < -0.39 is 0 Å². The van der Waals surface area contributed by atoms with Crippen LogP contribution in [0.3, 0.4) is 0 Å². The summed E-state index contributed by atoms with van der Waals surface area (Å²) in [6.45, 7) is 0. The molecule has 19 heavy (non-hydrogen) atoms. The molecule has 1 aromatic carbocycles. The monoisotopic (exact) mass is 273 g/mol. The Morgan fingerprint density at radius 1 is 1.16 bits per heavy atom. The van der Waals surface area contributed by atoms with Gasteiger partial charge >= 0.3 is 0 Å². The number of nitrogens with zero attached hydrogens (tertiary/aromatic N) is 2. The van der Waals surface area contributed by atoms with Crippen molar-refractivity contribution in [2.24, 2.45) is 0 Å². The average Bonchev–Trinajstić information content (AvgIpc) is 2.41. The highest BCUT2D eigenvalue weighted by molar-refractivity contribution is 7.99. The Kier molecular flexibility index (Phi) is 4.06. The first kappa shape index (κ1) is 13.4. The molecule has 0 saturated heterocycles. The maximum Gasteiger partial charge on any atom is 0.271 e. The van der Waals surface area contributed by atoms with Crippen LogP contribution in [0.15, 0.2) is 52.4 Å². The lowest BCUT2D eigenvalue weighted by molar-refractivity contribution is 0.0821. The lowest BCUT2D eigenvalue weighted by Crippen LogP contribution is -2.22. The molecule has 1 amide bonds. The molecule has 0 aliphatic carbocycles. The largest absolute Gasteiger partial charge is 0.399 e. The van der Waals surface area contributed by atoms with Gasteiger partial charge in [0.05, 0.1) is 0 Å². The third kappa shape index (κ3) is 3.48. The molecule has 0 spiro atoms. The van der Waals surface area contributed by atoms with Gasteiger partial charge in [0.25, 0.3) is 5.91 Å². The van der Waals surface area contributed by atoms with Gasteiger partial charge in [0.2, 0.25) is 0 Å². The van der Waals surface area contributed by atoms with Crippen LogP contribution < -0.4 is 5.73 Å². The second-order valence-corrected chi connectivity index (χ2v) is 5.39. The zero-order chi connectivity index (χ0) is 13.8. The number of benzene rings is 1. The number of rotatable bonds is 3. The number of hydrogen-bond acceptors (Lipinski definition) is 4. The Bertz CT molecular complexity index is 581. The Labute approximate surface area is 116 Å². The summed E-state index contributed by atoms with van der Waals surface area (Å²) in [5, 5.41) is 0. The van der Waals surface area contributed by atoms with Crippen molar-refractivity contribution < 1.29 is 4.79 Å². The van der Waals surface area contributed by atoms with Gasteiger partial charge in [0.15, 0.2) is 0 Å². The minimum absolute atomic E-state index is 0.0974. The van der Waals surface area contributed by atoms with Gasteiger partial charge in [-0.1, -0.05) is 11.8 Å². The molecule has 1 heterocycles. The van der Waals surface area contributed by atoms with Gasteiger partial charge in [-0.25, -0.2) is 0 Å². The van der Waals surface area contributed by atoms with Crippen molar-refractivity contribution >= 4 is 23.4 Å². The fourth-order valence-electron chi connectivity index (χ4n) is 1.49. The lowest BCUT2D eigenvalue weighted by atomic mass is 10.3. The van der Waals surface area contributed by atoms with E-state index in [1.165, 1.54) is 4.90 Å². The van der Waals surface area contributed by atoms with E-state index in [9.17, 15) is 4.79 Å². The van der Waals surface area contributed by atoms with Crippen LogP contribution in [-0.2, 0) is 0 Å². The average molecular weight is 273 g/mol. The third-order valence-electron chi connectivity index (χ3n) is 2.47. The van der Waals surface area contributed by atoms with Gasteiger partial charge in [0, 0.05) is 35.8 Å². The predicted molar refractivity (Wildman–Crippen MR) is 77.2 cm³/mol. The molecule has 1 aromatic heterocycles. The molecule has 0 saturated carbocycles. The van der Waals surface area contributed by atoms with Gasteiger partial charge in [0.1, 0.15) is 5.69 Å². The van der Waals surface area contributed by atoms with Crippen molar-refractivity contribution in [3.8, 4) is 0 Å². The maximum absolute atomic E-state index is 11.8. The Hall–Kier alpha value is -2.01. The highest BCUT2D eigenvalue weighted by Crippen LogP contribution is 2.28. The number of nitrogen functional groups attached to an aromatic ring is 1. The number of carbonyl (C=O) groups is 1. The number of pyridine rings is 1. The van der Waals surface area contributed by atoms with Crippen LogP contribution in [0.1, 0.15) is 10.5 Å². The fraction of sp³-hybridized carbons (Fsp3) is 0.143. The topological polar surface area (TPSA) is 59.2 Å². The normalized spacial score (nSPS) is 10.2. The first-order valence-electron chi connectivity index (χ1n) is 5.77. The number of anilines is 1. The van der Waals surface area contributed by atoms with E-state index in [0.29, 0.717) is 5.69 Å². The lowest BCUT2D eigenvalue weighted by Gasteiger charge is -2.10. The van der Waals surface area contributed by atoms with Crippen molar-refractivity contribution in [1.29, 1.82) is 0 Å². The summed E-state index contributed by atoms with van der Waals surface area (Å²) in [6, 6.07) is 11.3. The van der Waals surface area contributed by atoms with E-state index in [1.54, 1.807) is 38.1 Å². The van der Waals surface area contributed by atoms with Crippen LogP contribution in [0.5, 0.6) is 0 Å². The predicted octanol–water partition coefficient (Wildman–Crippen LogP) is 2.52. The van der Waals surface area contributed by atoms with Crippen molar-refractivity contribution in [3.63, 3.8) is 0 Å². The SMILES string of the molecule is CN(C)C(=O)c1cc(Sc2ccc(N)cc2)ccn1. The number of aromatic nitrogens is 1. The van der Waals surface area contributed by atoms with Gasteiger partial charge in [-0.05, 0) is 36.4 Å². The van der Waals surface area contributed by atoms with E-state index >= 15 is 0 Å². The van der Waals surface area contributed by atoms with Crippen molar-refractivity contribution in [1.82, 2.24) is 9.88 Å². The van der Waals surface area contributed by atoms with Crippen LogP contribution in [0.25, 0.3) is 0 Å². The van der Waals surface area contributed by atoms with E-state index in [4.69, 9.17) is 5.73 Å². The second-order valence-electron chi connectivity index (χ2n) is 4.25. The molecule has 0 aliphatic heterocycles. The van der Waals surface area contributed by atoms with Crippen LogP contribution in [0, 0.1) is 0 Å². The molecular formula is C14H15N3OS. The fourth-order valence-corrected chi connectivity index (χ4v) is 2.34. The molecule has 98 valence electrons. The Morgan fingerprint density at radius 2 is 1.84 bits per heavy atom. The van der Waals surface area contributed by atoms with E-state index in [-0.39, 0.29) is 5.91 Å². The minimum Gasteiger partial charge on any atom is -0.399 e. The summed E-state index contributed by atoms with van der Waals surface area (Å²) in [5.74, 6) is -0.0974. The Balaban J connectivity index is 2.19. The third-order valence-corrected chi connectivity index (χ3v) is 3.47. The molecule has 5 heteroatoms. The molecule has 0 aliphatic rings. The van der Waals surface area contributed by atoms with Crippen LogP contribution in [0.2, 0.25) is 0 Å². The highest BCUT2D eigenvalue weighted by atomic mass is 32.2. The highest BCUT2D eigenvalue weighted by Gasteiger charge is 2.10. The van der Waals surface area contributed by atoms with E-state index in [0.717, 1.165) is 15.5 Å². The van der Waals surface area contributed by atoms with E-state index in [2.05, 4.69) is 4.98 Å². The van der Waals surface area contributed by atoms with Crippen LogP contribution in [0.4, 0.5) is 5.69 Å². The molecular weight excluding hydrogens is 258 g/mol. The van der Waals surface area contributed by atoms with Crippen molar-refractivity contribution in [2.45, 2.75) is 9.79 Å². The summed E-state index contributed by atoms with van der Waals surface area (Å²) in [7, 11) is 3.42. The molecule has 0 unspecified atom stereocenters. The molecule has 0 atom stereocenters. The quantitative estimate of drug-likeness (QED) is 0.873. The first-order chi connectivity index (χ1) is 9.06. The molecule has 2 aromatic rings. The number of carbonyl (C=O) groups excluding carboxylic acids is 1. The zero-order valence-corrected chi connectivity index (χ0v) is 11.6. The molecule has 2 N–H and O–H groups in total. The van der Waals surface area contributed by atoms with Gasteiger partial charge in [-0.15, -0.1) is 0 Å². The van der Waals surface area contributed by atoms with Gasteiger partial charge in [-0.3, -0.25) is 9.78 Å². The summed E-state index contributed by atoms with van der Waals surface area (Å²) in [5.41, 5.74) is 6.84. The number of amides is 1. The first-order valence-corrected chi connectivity index (χ1v) is 6.59. The minimum atomic E-state index is -0.0974. The van der Waals surface area contributed by atoms with Crippen LogP contribution >= 0.6 is 11.8 Å². The summed E-state index contributed by atoms with van der Waals surface area (Å²) in [6.07, 6.45) is 1.65. The summed E-state index contributed by atoms with van der Waals surface area (Å²) in [4.78, 5) is 19.5. The van der Waals surface area contributed by atoms with E-state index in [1.807, 2.05) is 30.3 Å². The van der Waals surface area contributed by atoms with Crippen molar-refractivity contribution in [2.75, 3.05) is 19.8 Å². The number of hydrogen-bond donors (Lipinski definition) is 1. The van der Waals surface area contributed by atoms with Crippen molar-refractivity contribution in [3.05, 3.63) is 48.3 Å². The summed E-state index contributed by atoms with van der Waals surface area (Å²) >= 11 is 1.57. The van der Waals surface area contributed by atoms with Gasteiger partial charge < -0.3 is 10.6 Å². The van der Waals surface area contributed by atoms with Crippen LogP contribution in [-0.4, -0.2) is 29.9 Å². The zero-order valence-electron chi connectivity index (χ0n) is 10.8.